The lowest BCUT2D eigenvalue weighted by Gasteiger charge is -2.41. The number of carbonyl (C=O) groups excluding carboxylic acids is 1. The normalized spacial score (nSPS) is 26.8. The molecule has 3 saturated heterocycles. The summed E-state index contributed by atoms with van der Waals surface area (Å²) in [5.41, 5.74) is 0.856. The Morgan fingerprint density at radius 1 is 1.13 bits per heavy atom. The summed E-state index contributed by atoms with van der Waals surface area (Å²) in [5, 5.41) is 5.33. The van der Waals surface area contributed by atoms with Crippen LogP contribution in [0.3, 0.4) is 0 Å². The lowest BCUT2D eigenvalue weighted by atomic mass is 9.91. The van der Waals surface area contributed by atoms with Crippen LogP contribution in [0, 0.1) is 5.82 Å². The van der Waals surface area contributed by atoms with E-state index in [1.165, 1.54) is 0 Å². The maximum absolute atomic E-state index is 16.8. The average Bonchev–Trinajstić information content (AvgIpc) is 3.55. The van der Waals surface area contributed by atoms with Crippen molar-refractivity contribution in [2.75, 3.05) is 44.3 Å². The maximum Gasteiger partial charge on any atom is 0.407 e. The first-order valence-corrected chi connectivity index (χ1v) is 15.9. The molecule has 0 saturated carbocycles. The number of nitrogens with zero attached hydrogens (tertiary/aromatic N) is 5. The van der Waals surface area contributed by atoms with Crippen LogP contribution in [0.25, 0.3) is 32.9 Å². The Bertz CT molecular complexity index is 1820. The molecule has 4 aromatic rings. The van der Waals surface area contributed by atoms with Gasteiger partial charge in [-0.1, -0.05) is 36.4 Å². The second-order valence-corrected chi connectivity index (χ2v) is 13.3. The quantitative estimate of drug-likeness (QED) is 0.320. The number of nitrogens with one attached hydrogen (secondary N) is 1. The van der Waals surface area contributed by atoms with Crippen LogP contribution in [-0.2, 0) is 11.2 Å². The number of pyridine rings is 1. The second kappa shape index (κ2) is 10.8. The van der Waals surface area contributed by atoms with Crippen LogP contribution in [0.5, 0.6) is 6.01 Å². The number of fused-ring (bicyclic) bond motifs is 6. The van der Waals surface area contributed by atoms with Crippen molar-refractivity contribution in [3.8, 4) is 17.3 Å². The molecule has 6 bridgehead atoms. The van der Waals surface area contributed by atoms with E-state index >= 15 is 4.39 Å². The van der Waals surface area contributed by atoms with E-state index in [-0.39, 0.29) is 30.4 Å². The Morgan fingerprint density at radius 3 is 2.87 bits per heavy atom. The number of amides is 1. The number of benzene rings is 2. The molecular weight excluding hydrogens is 578 g/mol. The molecule has 2 aromatic carbocycles. The van der Waals surface area contributed by atoms with Crippen molar-refractivity contribution in [2.24, 2.45) is 0 Å². The highest BCUT2D eigenvalue weighted by atomic mass is 19.1. The Kier molecular flexibility index (Phi) is 6.78. The Morgan fingerprint density at radius 2 is 1.98 bits per heavy atom. The van der Waals surface area contributed by atoms with Gasteiger partial charge >= 0.3 is 12.1 Å². The van der Waals surface area contributed by atoms with Crippen LogP contribution in [0.15, 0.2) is 42.6 Å². The summed E-state index contributed by atoms with van der Waals surface area (Å²) in [4.78, 5) is 31.4. The molecule has 9 nitrogen and oxygen atoms in total. The van der Waals surface area contributed by atoms with Crippen molar-refractivity contribution in [3.05, 3.63) is 54.0 Å². The maximum atomic E-state index is 16.8. The van der Waals surface area contributed by atoms with Gasteiger partial charge in [-0.25, -0.2) is 13.6 Å². The van der Waals surface area contributed by atoms with Crippen molar-refractivity contribution < 1.29 is 23.0 Å². The number of alkyl halides is 1. The Balaban J connectivity index is 1.30. The molecule has 1 N–H and O–H groups in total. The number of piperidine rings is 1. The zero-order valence-corrected chi connectivity index (χ0v) is 25.3. The van der Waals surface area contributed by atoms with Gasteiger partial charge in [-0.3, -0.25) is 9.88 Å². The topological polar surface area (TPSA) is 92.7 Å². The van der Waals surface area contributed by atoms with Crippen molar-refractivity contribution in [1.82, 2.24) is 25.2 Å². The van der Waals surface area contributed by atoms with E-state index in [1.54, 1.807) is 6.20 Å². The Hall–Kier alpha value is -4.12. The number of halogens is 2. The second-order valence-electron chi connectivity index (χ2n) is 13.3. The number of rotatable bonds is 3. The molecule has 5 aliphatic rings. The van der Waals surface area contributed by atoms with Crippen molar-refractivity contribution in [1.29, 1.82) is 0 Å². The third-order valence-electron chi connectivity index (χ3n) is 10.1. The molecule has 9 rings (SSSR count). The van der Waals surface area contributed by atoms with E-state index in [9.17, 15) is 9.18 Å². The van der Waals surface area contributed by atoms with Crippen LogP contribution in [0.1, 0.15) is 44.6 Å². The minimum atomic E-state index is -0.893. The van der Waals surface area contributed by atoms with E-state index in [0.717, 1.165) is 48.6 Å². The van der Waals surface area contributed by atoms with E-state index < -0.39 is 29.2 Å². The number of hydrogen-bond acceptors (Lipinski definition) is 8. The molecule has 3 fully saturated rings. The van der Waals surface area contributed by atoms with E-state index in [2.05, 4.69) is 20.2 Å². The molecular formula is C34H36F2N6O3. The van der Waals surface area contributed by atoms with Gasteiger partial charge in [0.25, 0.3) is 0 Å². The Labute approximate surface area is 259 Å². The number of aromatic nitrogens is 3. The molecule has 0 unspecified atom stereocenters. The lowest BCUT2D eigenvalue weighted by Crippen LogP contribution is -2.57. The van der Waals surface area contributed by atoms with Gasteiger partial charge in [0, 0.05) is 44.2 Å². The molecule has 234 valence electrons. The van der Waals surface area contributed by atoms with Crippen LogP contribution in [0.4, 0.5) is 19.4 Å². The minimum absolute atomic E-state index is 0.0523. The van der Waals surface area contributed by atoms with Crippen LogP contribution >= 0.6 is 0 Å². The van der Waals surface area contributed by atoms with Crippen molar-refractivity contribution in [2.45, 2.75) is 62.7 Å². The van der Waals surface area contributed by atoms with Gasteiger partial charge < -0.3 is 19.7 Å². The van der Waals surface area contributed by atoms with Crippen LogP contribution in [0.2, 0.25) is 0 Å². The number of alkyl carbamates (subject to hydrolysis) is 1. The summed E-state index contributed by atoms with van der Waals surface area (Å²) in [6.07, 6.45) is 4.50. The first kappa shape index (κ1) is 28.4. The number of ether oxygens (including phenoxy) is 2. The molecule has 2 aromatic heterocycles. The fraction of sp³-hybridized carbons (Fsp3) is 0.471. The molecule has 45 heavy (non-hydrogen) atoms. The fourth-order valence-corrected chi connectivity index (χ4v) is 8.05. The minimum Gasteiger partial charge on any atom is -0.461 e. The van der Waals surface area contributed by atoms with Gasteiger partial charge in [-0.15, -0.1) is 0 Å². The van der Waals surface area contributed by atoms with E-state index in [4.69, 9.17) is 14.5 Å². The molecule has 7 heterocycles. The van der Waals surface area contributed by atoms with Gasteiger partial charge in [0.1, 0.15) is 29.8 Å². The first-order chi connectivity index (χ1) is 21.8. The zero-order chi connectivity index (χ0) is 30.8. The summed E-state index contributed by atoms with van der Waals surface area (Å²) in [7, 11) is 0. The average molecular weight is 615 g/mol. The summed E-state index contributed by atoms with van der Waals surface area (Å²) >= 11 is 0. The molecule has 1 amide bonds. The predicted molar refractivity (Wildman–Crippen MR) is 167 cm³/mol. The molecule has 5 aliphatic heterocycles. The smallest absolute Gasteiger partial charge is 0.407 e. The van der Waals surface area contributed by atoms with E-state index in [1.807, 2.05) is 48.2 Å². The van der Waals surface area contributed by atoms with Gasteiger partial charge in [-0.05, 0) is 55.5 Å². The van der Waals surface area contributed by atoms with Gasteiger partial charge in [-0.2, -0.15) is 9.97 Å². The first-order valence-electron chi connectivity index (χ1n) is 15.9. The lowest BCUT2D eigenvalue weighted by molar-refractivity contribution is 0.107. The fourth-order valence-electron chi connectivity index (χ4n) is 8.05. The molecule has 0 aliphatic carbocycles. The highest BCUT2D eigenvalue weighted by Crippen LogP contribution is 2.41. The van der Waals surface area contributed by atoms with Crippen LogP contribution < -0.4 is 15.0 Å². The highest BCUT2D eigenvalue weighted by molar-refractivity contribution is 6.00. The molecule has 0 radical (unpaired) electrons. The number of hydrogen-bond donors (Lipinski definition) is 1. The predicted octanol–water partition coefficient (Wildman–Crippen LogP) is 5.58. The summed E-state index contributed by atoms with van der Waals surface area (Å²) < 4.78 is 43.3. The standard InChI is InChI=1S/C34H36F2N6O3/c1-33-11-4-13-41(19-33)30-25-17-37-28(24-9-3-8-21-6-2-7-22(26(21)24)10-15-44-32(43)40-33)27(36)29(25)38-31(39-30)45-20-34-12-5-14-42(34)18-23(35)16-34/h2-3,6-9,17,23H,4-5,10-16,18-20H2,1H3,(H,40,43)/t23-,33-,34+/m1/s1. The van der Waals surface area contributed by atoms with Crippen LogP contribution in [-0.4, -0.2) is 82.6 Å². The summed E-state index contributed by atoms with van der Waals surface area (Å²) in [5.74, 6) is -0.0552. The molecule has 0 spiro atoms. The third kappa shape index (κ3) is 4.92. The van der Waals surface area contributed by atoms with Crippen molar-refractivity contribution in [3.63, 3.8) is 0 Å². The monoisotopic (exact) mass is 614 g/mol. The van der Waals surface area contributed by atoms with Gasteiger partial charge in [0.05, 0.1) is 23.1 Å². The van der Waals surface area contributed by atoms with Crippen molar-refractivity contribution >= 4 is 33.6 Å². The van der Waals surface area contributed by atoms with Gasteiger partial charge in [0.15, 0.2) is 5.82 Å². The molecule has 11 heteroatoms. The zero-order valence-electron chi connectivity index (χ0n) is 25.3. The largest absolute Gasteiger partial charge is 0.461 e. The van der Waals surface area contributed by atoms with Gasteiger partial charge in [0.2, 0.25) is 0 Å². The summed E-state index contributed by atoms with van der Waals surface area (Å²) in [6, 6.07) is 11.7. The molecule has 3 atom stereocenters. The third-order valence-corrected chi connectivity index (χ3v) is 10.1. The number of carbonyl (C=O) groups is 1. The SMILES string of the molecule is C[C@@]12CCCN(C1)c1nc(OC[C@@]34CCCN3C[C@H](F)C4)nc3c(F)c(ncc13)-c1cccc3cccc(c13)CCOC(=O)N2. The highest BCUT2D eigenvalue weighted by Gasteiger charge is 2.49. The summed E-state index contributed by atoms with van der Waals surface area (Å²) in [6.45, 7) is 4.72. The number of anilines is 1. The van der Waals surface area contributed by atoms with E-state index in [0.29, 0.717) is 49.2 Å².